The second-order valence-corrected chi connectivity index (χ2v) is 4.84. The van der Waals surface area contributed by atoms with Gasteiger partial charge in [-0.05, 0) is 59.0 Å². The molecule has 1 aromatic heterocycles. The van der Waals surface area contributed by atoms with Crippen molar-refractivity contribution in [1.82, 2.24) is 5.43 Å². The SMILES string of the molecule is Cc1cc(F)ccc1C(Cc1ccsc1)NN. The van der Waals surface area contributed by atoms with E-state index in [1.807, 2.05) is 12.3 Å². The smallest absolute Gasteiger partial charge is 0.123 e. The predicted molar refractivity (Wildman–Crippen MR) is 69.2 cm³/mol. The van der Waals surface area contributed by atoms with Gasteiger partial charge in [0.2, 0.25) is 0 Å². The van der Waals surface area contributed by atoms with Gasteiger partial charge in [-0.2, -0.15) is 11.3 Å². The summed E-state index contributed by atoms with van der Waals surface area (Å²) in [5, 5.41) is 4.14. The number of nitrogens with one attached hydrogen (secondary N) is 1. The van der Waals surface area contributed by atoms with Gasteiger partial charge in [0.25, 0.3) is 0 Å². The summed E-state index contributed by atoms with van der Waals surface area (Å²) in [5.74, 6) is 5.38. The normalized spacial score (nSPS) is 12.6. The number of thiophene rings is 1. The second-order valence-electron chi connectivity index (χ2n) is 4.06. The van der Waals surface area contributed by atoms with Gasteiger partial charge < -0.3 is 0 Å². The largest absolute Gasteiger partial charge is 0.271 e. The van der Waals surface area contributed by atoms with E-state index in [1.54, 1.807) is 17.4 Å². The highest BCUT2D eigenvalue weighted by Gasteiger charge is 2.13. The second kappa shape index (κ2) is 5.40. The molecule has 17 heavy (non-hydrogen) atoms. The Morgan fingerprint density at radius 1 is 1.41 bits per heavy atom. The van der Waals surface area contributed by atoms with Crippen LogP contribution in [0.3, 0.4) is 0 Å². The standard InChI is InChI=1S/C13H15FN2S/c1-9-6-11(14)2-3-12(9)13(16-15)7-10-4-5-17-8-10/h2-6,8,13,16H,7,15H2,1H3. The quantitative estimate of drug-likeness (QED) is 0.647. The number of hydrogen-bond donors (Lipinski definition) is 2. The molecule has 0 bridgehead atoms. The van der Waals surface area contributed by atoms with E-state index in [0.717, 1.165) is 17.5 Å². The molecule has 1 atom stereocenters. The van der Waals surface area contributed by atoms with Gasteiger partial charge in [-0.3, -0.25) is 11.3 Å². The average molecular weight is 250 g/mol. The van der Waals surface area contributed by atoms with Crippen molar-refractivity contribution in [2.75, 3.05) is 0 Å². The van der Waals surface area contributed by atoms with Crippen LogP contribution in [-0.4, -0.2) is 0 Å². The Hall–Kier alpha value is -1.23. The molecule has 1 aromatic carbocycles. The van der Waals surface area contributed by atoms with Crippen LogP contribution in [0.5, 0.6) is 0 Å². The summed E-state index contributed by atoms with van der Waals surface area (Å²) in [6.45, 7) is 1.90. The number of halogens is 1. The van der Waals surface area contributed by atoms with Crippen molar-refractivity contribution in [2.24, 2.45) is 5.84 Å². The molecule has 0 aliphatic heterocycles. The maximum absolute atomic E-state index is 13.0. The molecule has 90 valence electrons. The third-order valence-corrected chi connectivity index (χ3v) is 3.56. The van der Waals surface area contributed by atoms with E-state index < -0.39 is 0 Å². The number of benzene rings is 1. The summed E-state index contributed by atoms with van der Waals surface area (Å²) in [6.07, 6.45) is 0.812. The van der Waals surface area contributed by atoms with Crippen molar-refractivity contribution in [3.05, 3.63) is 57.5 Å². The molecule has 2 rings (SSSR count). The minimum atomic E-state index is -0.211. The molecule has 0 amide bonds. The average Bonchev–Trinajstić information content (AvgIpc) is 2.79. The Morgan fingerprint density at radius 2 is 2.24 bits per heavy atom. The van der Waals surface area contributed by atoms with Crippen LogP contribution in [0.1, 0.15) is 22.7 Å². The van der Waals surface area contributed by atoms with E-state index >= 15 is 0 Å². The van der Waals surface area contributed by atoms with E-state index in [1.165, 1.54) is 17.7 Å². The fourth-order valence-corrected chi connectivity index (χ4v) is 2.61. The first-order chi connectivity index (χ1) is 8.20. The summed E-state index contributed by atoms with van der Waals surface area (Å²) >= 11 is 1.67. The molecule has 1 heterocycles. The highest BCUT2D eigenvalue weighted by Crippen LogP contribution is 2.22. The summed E-state index contributed by atoms with van der Waals surface area (Å²) in [4.78, 5) is 0. The van der Waals surface area contributed by atoms with E-state index in [-0.39, 0.29) is 11.9 Å². The van der Waals surface area contributed by atoms with Crippen LogP contribution in [0, 0.1) is 12.7 Å². The van der Waals surface area contributed by atoms with Gasteiger partial charge in [0.1, 0.15) is 5.82 Å². The highest BCUT2D eigenvalue weighted by molar-refractivity contribution is 7.07. The lowest BCUT2D eigenvalue weighted by atomic mass is 9.97. The van der Waals surface area contributed by atoms with Crippen LogP contribution in [0.25, 0.3) is 0 Å². The molecule has 0 saturated carbocycles. The first kappa shape index (κ1) is 12.2. The molecular formula is C13H15FN2S. The lowest BCUT2D eigenvalue weighted by Gasteiger charge is -2.18. The van der Waals surface area contributed by atoms with Crippen molar-refractivity contribution in [1.29, 1.82) is 0 Å². The van der Waals surface area contributed by atoms with Crippen molar-refractivity contribution in [2.45, 2.75) is 19.4 Å². The minimum absolute atomic E-state index is 0.0187. The topological polar surface area (TPSA) is 38.0 Å². The van der Waals surface area contributed by atoms with Gasteiger partial charge in [0.15, 0.2) is 0 Å². The van der Waals surface area contributed by atoms with Crippen molar-refractivity contribution in [3.8, 4) is 0 Å². The number of hydrogen-bond acceptors (Lipinski definition) is 3. The Kier molecular flexibility index (Phi) is 3.89. The Balaban J connectivity index is 2.23. The van der Waals surface area contributed by atoms with Gasteiger partial charge in [-0.15, -0.1) is 0 Å². The molecule has 1 unspecified atom stereocenters. The zero-order valence-corrected chi connectivity index (χ0v) is 10.4. The van der Waals surface area contributed by atoms with Crippen LogP contribution < -0.4 is 11.3 Å². The lowest BCUT2D eigenvalue weighted by Crippen LogP contribution is -2.30. The van der Waals surface area contributed by atoms with E-state index in [9.17, 15) is 4.39 Å². The summed E-state index contributed by atoms with van der Waals surface area (Å²) < 4.78 is 13.0. The lowest BCUT2D eigenvalue weighted by molar-refractivity contribution is 0.547. The van der Waals surface area contributed by atoms with Crippen LogP contribution in [0.4, 0.5) is 4.39 Å². The number of rotatable bonds is 4. The molecule has 4 heteroatoms. The third-order valence-electron chi connectivity index (χ3n) is 2.83. The van der Waals surface area contributed by atoms with E-state index in [4.69, 9.17) is 5.84 Å². The third kappa shape index (κ3) is 2.91. The van der Waals surface area contributed by atoms with Gasteiger partial charge in [-0.25, -0.2) is 4.39 Å². The predicted octanol–water partition coefficient (Wildman–Crippen LogP) is 2.94. The number of nitrogens with two attached hydrogens (primary N) is 1. The molecule has 3 N–H and O–H groups in total. The van der Waals surface area contributed by atoms with Gasteiger partial charge in [-0.1, -0.05) is 6.07 Å². The zero-order chi connectivity index (χ0) is 12.3. The monoisotopic (exact) mass is 250 g/mol. The molecule has 2 aromatic rings. The number of hydrazine groups is 1. The molecule has 2 nitrogen and oxygen atoms in total. The molecule has 0 aliphatic carbocycles. The Labute approximate surface area is 104 Å². The van der Waals surface area contributed by atoms with Crippen molar-refractivity contribution in [3.63, 3.8) is 0 Å². The van der Waals surface area contributed by atoms with Crippen molar-refractivity contribution >= 4 is 11.3 Å². The Bertz CT molecular complexity index is 482. The minimum Gasteiger partial charge on any atom is -0.271 e. The summed E-state index contributed by atoms with van der Waals surface area (Å²) in [7, 11) is 0. The summed E-state index contributed by atoms with van der Waals surface area (Å²) in [6, 6.07) is 6.90. The first-order valence-electron chi connectivity index (χ1n) is 5.44. The van der Waals surface area contributed by atoms with Crippen LogP contribution in [-0.2, 0) is 6.42 Å². The van der Waals surface area contributed by atoms with Crippen LogP contribution in [0.2, 0.25) is 0 Å². The summed E-state index contributed by atoms with van der Waals surface area (Å²) in [5.41, 5.74) is 6.00. The van der Waals surface area contributed by atoms with Crippen molar-refractivity contribution < 1.29 is 4.39 Å². The van der Waals surface area contributed by atoms with Crippen LogP contribution >= 0.6 is 11.3 Å². The van der Waals surface area contributed by atoms with E-state index in [2.05, 4.69) is 16.9 Å². The molecule has 0 spiro atoms. The van der Waals surface area contributed by atoms with E-state index in [0.29, 0.717) is 0 Å². The zero-order valence-electron chi connectivity index (χ0n) is 9.61. The number of aryl methyl sites for hydroxylation is 1. The molecular weight excluding hydrogens is 235 g/mol. The fraction of sp³-hybridized carbons (Fsp3) is 0.231. The van der Waals surface area contributed by atoms with Gasteiger partial charge >= 0.3 is 0 Å². The Morgan fingerprint density at radius 3 is 2.82 bits per heavy atom. The molecule has 0 aliphatic rings. The highest BCUT2D eigenvalue weighted by atomic mass is 32.1. The fourth-order valence-electron chi connectivity index (χ4n) is 1.93. The molecule has 0 radical (unpaired) electrons. The van der Waals surface area contributed by atoms with Gasteiger partial charge in [0, 0.05) is 0 Å². The molecule has 0 saturated heterocycles. The molecule has 0 fully saturated rings. The van der Waals surface area contributed by atoms with Crippen LogP contribution in [0.15, 0.2) is 35.0 Å². The first-order valence-corrected chi connectivity index (χ1v) is 6.38. The maximum Gasteiger partial charge on any atom is 0.123 e. The van der Waals surface area contributed by atoms with Gasteiger partial charge in [0.05, 0.1) is 6.04 Å². The maximum atomic E-state index is 13.0.